The summed E-state index contributed by atoms with van der Waals surface area (Å²) in [6.45, 7) is 1.23. The summed E-state index contributed by atoms with van der Waals surface area (Å²) in [6, 6.07) is 15.3. The van der Waals surface area contributed by atoms with Gasteiger partial charge in [0.15, 0.2) is 5.75 Å². The van der Waals surface area contributed by atoms with Gasteiger partial charge in [-0.3, -0.25) is 4.79 Å². The number of carbonyl (C=O) groups is 1. The maximum absolute atomic E-state index is 13.0. The average molecular weight is 448 g/mol. The number of nitriles is 1. The first-order chi connectivity index (χ1) is 14.5. The molecule has 158 valence electrons. The summed E-state index contributed by atoms with van der Waals surface area (Å²) in [5.41, 5.74) is 0.246. The molecule has 0 radical (unpaired) electrons. The fourth-order valence-electron chi connectivity index (χ4n) is 2.78. The van der Waals surface area contributed by atoms with E-state index in [4.69, 9.17) is 14.7 Å². The van der Waals surface area contributed by atoms with E-state index in [-0.39, 0.29) is 41.1 Å². The number of rotatable bonds is 8. The van der Waals surface area contributed by atoms with Crippen LogP contribution in [0.25, 0.3) is 0 Å². The molecule has 1 N–H and O–H groups in total. The van der Waals surface area contributed by atoms with E-state index in [1.54, 1.807) is 12.1 Å². The maximum atomic E-state index is 13.0. The highest BCUT2D eigenvalue weighted by atomic mass is 32.2. The Bertz CT molecular complexity index is 1020. The van der Waals surface area contributed by atoms with Crippen LogP contribution < -0.4 is 10.1 Å². The van der Waals surface area contributed by atoms with Crippen molar-refractivity contribution in [1.82, 2.24) is 4.31 Å². The van der Waals surface area contributed by atoms with Gasteiger partial charge in [0.05, 0.1) is 41.4 Å². The Morgan fingerprint density at radius 3 is 2.63 bits per heavy atom. The molecule has 0 unspecified atom stereocenters. The van der Waals surface area contributed by atoms with E-state index < -0.39 is 10.0 Å². The van der Waals surface area contributed by atoms with Crippen LogP contribution in [0, 0.1) is 11.3 Å². The fraction of sp³-hybridized carbons (Fsp3) is 0.300. The number of para-hydroxylation sites is 1. The lowest BCUT2D eigenvalue weighted by molar-refractivity contribution is -0.113. The molecule has 3 rings (SSSR count). The Morgan fingerprint density at radius 2 is 1.93 bits per heavy atom. The van der Waals surface area contributed by atoms with Gasteiger partial charge >= 0.3 is 0 Å². The topological polar surface area (TPSA) is 109 Å². The zero-order valence-electron chi connectivity index (χ0n) is 16.1. The number of anilines is 1. The van der Waals surface area contributed by atoms with Gasteiger partial charge in [-0.1, -0.05) is 18.2 Å². The molecule has 1 saturated heterocycles. The molecule has 0 aliphatic carbocycles. The third kappa shape index (κ3) is 5.73. The summed E-state index contributed by atoms with van der Waals surface area (Å²) in [6.07, 6.45) is 0. The number of ether oxygens (including phenoxy) is 2. The molecule has 1 amide bonds. The molecule has 0 spiro atoms. The summed E-state index contributed by atoms with van der Waals surface area (Å²) in [5.74, 6) is 0.774. The highest BCUT2D eigenvalue weighted by Crippen LogP contribution is 2.33. The number of nitrogens with one attached hydrogen (secondary N) is 1. The molecule has 8 nitrogen and oxygen atoms in total. The summed E-state index contributed by atoms with van der Waals surface area (Å²) in [4.78, 5) is 12.3. The van der Waals surface area contributed by atoms with Gasteiger partial charge in [0.25, 0.3) is 0 Å². The molecule has 1 aliphatic heterocycles. The monoisotopic (exact) mass is 447 g/mol. The minimum absolute atomic E-state index is 0.0600. The summed E-state index contributed by atoms with van der Waals surface area (Å²) in [5, 5.41) is 11.3. The van der Waals surface area contributed by atoms with Crippen molar-refractivity contribution in [1.29, 1.82) is 5.26 Å². The van der Waals surface area contributed by atoms with Crippen molar-refractivity contribution in [2.75, 3.05) is 43.1 Å². The average Bonchev–Trinajstić information content (AvgIpc) is 2.76. The van der Waals surface area contributed by atoms with Crippen LogP contribution in [0.2, 0.25) is 0 Å². The number of morpholine rings is 1. The third-order valence-corrected chi connectivity index (χ3v) is 6.90. The van der Waals surface area contributed by atoms with E-state index in [9.17, 15) is 13.2 Å². The zero-order chi connectivity index (χ0) is 21.4. The van der Waals surface area contributed by atoms with Gasteiger partial charge in [-0.05, 0) is 30.3 Å². The van der Waals surface area contributed by atoms with Gasteiger partial charge < -0.3 is 14.8 Å². The van der Waals surface area contributed by atoms with E-state index in [0.717, 1.165) is 0 Å². The molecular formula is C20H21N3O5S2. The predicted octanol–water partition coefficient (Wildman–Crippen LogP) is 2.70. The van der Waals surface area contributed by atoms with Crippen LogP contribution in [0.5, 0.6) is 11.5 Å². The molecule has 1 aliphatic rings. The second kappa shape index (κ2) is 10.4. The number of hydrogen-bond acceptors (Lipinski definition) is 7. The Morgan fingerprint density at radius 1 is 1.20 bits per heavy atom. The minimum Gasteiger partial charge on any atom is -0.455 e. The van der Waals surface area contributed by atoms with Crippen LogP contribution in [0.15, 0.2) is 53.4 Å². The fourth-order valence-corrected chi connectivity index (χ4v) is 4.67. The number of benzene rings is 2. The van der Waals surface area contributed by atoms with Crippen molar-refractivity contribution in [2.45, 2.75) is 4.90 Å². The van der Waals surface area contributed by atoms with Crippen LogP contribution in [0.1, 0.15) is 0 Å². The molecule has 0 aromatic heterocycles. The van der Waals surface area contributed by atoms with Crippen molar-refractivity contribution in [3.05, 3.63) is 48.5 Å². The number of nitrogens with zero attached hydrogens (tertiary/aromatic N) is 2. The molecule has 1 fully saturated rings. The minimum atomic E-state index is -3.73. The second-order valence-corrected chi connectivity index (χ2v) is 9.21. The number of hydrogen-bond donors (Lipinski definition) is 1. The first kappa shape index (κ1) is 22.1. The lowest BCUT2D eigenvalue weighted by atomic mass is 10.2. The Balaban J connectivity index is 1.88. The van der Waals surface area contributed by atoms with Gasteiger partial charge in [-0.25, -0.2) is 8.42 Å². The Labute approximate surface area is 179 Å². The van der Waals surface area contributed by atoms with Crippen molar-refractivity contribution in [2.24, 2.45) is 0 Å². The molecule has 1 heterocycles. The first-order valence-corrected chi connectivity index (χ1v) is 11.8. The normalized spacial score (nSPS) is 14.6. The highest BCUT2D eigenvalue weighted by Gasteiger charge is 2.27. The number of carbonyl (C=O) groups excluding carboxylic acids is 1. The highest BCUT2D eigenvalue weighted by molar-refractivity contribution is 8.00. The molecule has 2 aromatic rings. The quantitative estimate of drug-likeness (QED) is 0.620. The van der Waals surface area contributed by atoms with E-state index in [1.165, 1.54) is 34.3 Å². The van der Waals surface area contributed by atoms with Crippen LogP contribution in [-0.2, 0) is 19.6 Å². The van der Waals surface area contributed by atoms with Crippen molar-refractivity contribution < 1.29 is 22.7 Å². The van der Waals surface area contributed by atoms with Crippen LogP contribution in [0.4, 0.5) is 5.69 Å². The molecule has 30 heavy (non-hydrogen) atoms. The Hall–Kier alpha value is -2.58. The van der Waals surface area contributed by atoms with E-state index in [1.807, 2.05) is 24.3 Å². The summed E-state index contributed by atoms with van der Waals surface area (Å²) < 4.78 is 38.4. The molecule has 0 atom stereocenters. The Kier molecular flexibility index (Phi) is 7.70. The van der Waals surface area contributed by atoms with Crippen LogP contribution in [0.3, 0.4) is 0 Å². The maximum Gasteiger partial charge on any atom is 0.243 e. The smallest absolute Gasteiger partial charge is 0.243 e. The standard InChI is InChI=1S/C20H21N3O5S2/c21-8-13-29-15-20(24)22-18-14-17(30(25,26)23-9-11-27-12-10-23)6-7-19(18)28-16-4-2-1-3-5-16/h1-7,14H,9-13,15H2,(H,22,24). The summed E-state index contributed by atoms with van der Waals surface area (Å²) in [7, 11) is -3.73. The van der Waals surface area contributed by atoms with Gasteiger partial charge in [-0.15, -0.1) is 11.8 Å². The van der Waals surface area contributed by atoms with Gasteiger partial charge in [0, 0.05) is 13.1 Å². The molecule has 0 bridgehead atoms. The van der Waals surface area contributed by atoms with Crippen molar-refractivity contribution in [3.63, 3.8) is 0 Å². The van der Waals surface area contributed by atoms with E-state index in [0.29, 0.717) is 24.7 Å². The van der Waals surface area contributed by atoms with Gasteiger partial charge in [-0.2, -0.15) is 9.57 Å². The van der Waals surface area contributed by atoms with Crippen molar-refractivity contribution >= 4 is 33.4 Å². The number of thioether (sulfide) groups is 1. The van der Waals surface area contributed by atoms with E-state index in [2.05, 4.69) is 5.32 Å². The molecule has 10 heteroatoms. The van der Waals surface area contributed by atoms with Gasteiger partial charge in [0.1, 0.15) is 5.75 Å². The summed E-state index contributed by atoms with van der Waals surface area (Å²) >= 11 is 1.17. The lowest BCUT2D eigenvalue weighted by Gasteiger charge is -2.26. The molecular weight excluding hydrogens is 426 g/mol. The van der Waals surface area contributed by atoms with E-state index >= 15 is 0 Å². The van der Waals surface area contributed by atoms with Gasteiger partial charge in [0.2, 0.25) is 15.9 Å². The SMILES string of the molecule is N#CCSCC(=O)Nc1cc(S(=O)(=O)N2CCOCC2)ccc1Oc1ccccc1. The number of amides is 1. The first-order valence-electron chi connectivity index (χ1n) is 9.20. The van der Waals surface area contributed by atoms with Crippen LogP contribution in [-0.4, -0.2) is 56.4 Å². The van der Waals surface area contributed by atoms with Crippen LogP contribution >= 0.6 is 11.8 Å². The lowest BCUT2D eigenvalue weighted by Crippen LogP contribution is -2.40. The zero-order valence-corrected chi connectivity index (χ0v) is 17.7. The largest absolute Gasteiger partial charge is 0.455 e. The third-order valence-electron chi connectivity index (χ3n) is 4.20. The van der Waals surface area contributed by atoms with Crippen molar-refractivity contribution in [3.8, 4) is 17.6 Å². The molecule has 0 saturated carbocycles. The predicted molar refractivity (Wildman–Crippen MR) is 114 cm³/mol. The second-order valence-electron chi connectivity index (χ2n) is 6.29. The molecule has 2 aromatic carbocycles. The number of sulfonamides is 1.